The molecule has 27 heavy (non-hydrogen) atoms. The van der Waals surface area contributed by atoms with Gasteiger partial charge in [-0.1, -0.05) is 11.3 Å². The Morgan fingerprint density at radius 1 is 1.19 bits per heavy atom. The van der Waals surface area contributed by atoms with Crippen molar-refractivity contribution in [1.82, 2.24) is 4.98 Å². The van der Waals surface area contributed by atoms with Gasteiger partial charge >= 0.3 is 0 Å². The molecule has 0 fully saturated rings. The molecule has 0 aliphatic heterocycles. The van der Waals surface area contributed by atoms with E-state index >= 15 is 0 Å². The Bertz CT molecular complexity index is 1050. The highest BCUT2D eigenvalue weighted by atomic mass is 32.1. The minimum Gasteiger partial charge on any atom is -0.494 e. The second-order valence-electron chi connectivity index (χ2n) is 5.48. The third kappa shape index (κ3) is 4.01. The van der Waals surface area contributed by atoms with Crippen LogP contribution in [0.1, 0.15) is 17.3 Å². The number of rotatable bonds is 5. The molecule has 0 radical (unpaired) electrons. The van der Waals surface area contributed by atoms with Crippen molar-refractivity contribution in [2.75, 3.05) is 17.7 Å². The summed E-state index contributed by atoms with van der Waals surface area (Å²) in [7, 11) is 1.48. The Hall–Kier alpha value is -3.53. The van der Waals surface area contributed by atoms with Gasteiger partial charge in [0, 0.05) is 36.4 Å². The standard InChI is InChI=1S/C17H14N4O5S/c1-9(22)18-17-20-15-13(26-2)7-11(8-14(15)27-17)19-16(23)10-3-5-12(6-4-10)21(24)25/h3-8H,1-2H3,(H,19,23)(H,18,20,22). The van der Waals surface area contributed by atoms with Crippen molar-refractivity contribution >= 4 is 49.9 Å². The van der Waals surface area contributed by atoms with Crippen LogP contribution in [0.4, 0.5) is 16.5 Å². The third-order valence-corrected chi connectivity index (χ3v) is 4.48. The first-order chi connectivity index (χ1) is 12.9. The molecule has 0 unspecified atom stereocenters. The molecular formula is C17H14N4O5S. The van der Waals surface area contributed by atoms with Crippen molar-refractivity contribution in [3.63, 3.8) is 0 Å². The van der Waals surface area contributed by atoms with Crippen LogP contribution in [0.5, 0.6) is 5.75 Å². The minimum absolute atomic E-state index is 0.0928. The number of carbonyl (C=O) groups excluding carboxylic acids is 2. The molecule has 0 aliphatic carbocycles. The van der Waals surface area contributed by atoms with Gasteiger partial charge in [-0.15, -0.1) is 0 Å². The van der Waals surface area contributed by atoms with Crippen molar-refractivity contribution in [1.29, 1.82) is 0 Å². The molecule has 3 aromatic rings. The summed E-state index contributed by atoms with van der Waals surface area (Å²) in [5.41, 5.74) is 1.23. The molecule has 1 heterocycles. The van der Waals surface area contributed by atoms with Crippen LogP contribution in [0, 0.1) is 10.1 Å². The number of ether oxygens (including phenoxy) is 1. The minimum atomic E-state index is -0.531. The molecule has 138 valence electrons. The average Bonchev–Trinajstić information content (AvgIpc) is 3.02. The van der Waals surface area contributed by atoms with Gasteiger partial charge in [-0.2, -0.15) is 0 Å². The fourth-order valence-corrected chi connectivity index (χ4v) is 3.34. The average molecular weight is 386 g/mol. The molecule has 2 aromatic carbocycles. The molecule has 9 nitrogen and oxygen atoms in total. The number of hydrogen-bond donors (Lipinski definition) is 2. The zero-order valence-electron chi connectivity index (χ0n) is 14.3. The van der Waals surface area contributed by atoms with Gasteiger partial charge in [-0.25, -0.2) is 4.98 Å². The van der Waals surface area contributed by atoms with Gasteiger partial charge in [0.1, 0.15) is 11.3 Å². The number of fused-ring (bicyclic) bond motifs is 1. The molecule has 2 N–H and O–H groups in total. The summed E-state index contributed by atoms with van der Waals surface area (Å²) in [6.45, 7) is 1.39. The van der Waals surface area contributed by atoms with Gasteiger partial charge in [-0.3, -0.25) is 19.7 Å². The number of amides is 2. The quantitative estimate of drug-likeness (QED) is 0.511. The van der Waals surface area contributed by atoms with Gasteiger partial charge in [0.05, 0.1) is 16.7 Å². The Kier molecular flexibility index (Phi) is 4.99. The van der Waals surface area contributed by atoms with E-state index in [0.717, 1.165) is 4.70 Å². The van der Waals surface area contributed by atoms with Crippen LogP contribution >= 0.6 is 11.3 Å². The van der Waals surface area contributed by atoms with Gasteiger partial charge < -0.3 is 15.4 Å². The first-order valence-electron chi connectivity index (χ1n) is 7.69. The van der Waals surface area contributed by atoms with Crippen LogP contribution in [-0.2, 0) is 4.79 Å². The number of benzene rings is 2. The van der Waals surface area contributed by atoms with Gasteiger partial charge in [-0.05, 0) is 18.2 Å². The van der Waals surface area contributed by atoms with E-state index in [1.54, 1.807) is 12.1 Å². The normalized spacial score (nSPS) is 10.4. The molecule has 0 bridgehead atoms. The first-order valence-corrected chi connectivity index (χ1v) is 8.51. The highest BCUT2D eigenvalue weighted by Gasteiger charge is 2.14. The lowest BCUT2D eigenvalue weighted by Crippen LogP contribution is -2.11. The predicted molar refractivity (Wildman–Crippen MR) is 102 cm³/mol. The SMILES string of the molecule is COc1cc(NC(=O)c2ccc([N+](=O)[O-])cc2)cc2sc(NC(C)=O)nc12. The summed E-state index contributed by atoms with van der Waals surface area (Å²) in [6.07, 6.45) is 0. The second kappa shape index (κ2) is 7.38. The van der Waals surface area contributed by atoms with Crippen molar-refractivity contribution < 1.29 is 19.2 Å². The number of nitro groups is 1. The number of methoxy groups -OCH3 is 1. The smallest absolute Gasteiger partial charge is 0.269 e. The monoisotopic (exact) mass is 386 g/mol. The van der Waals surface area contributed by atoms with E-state index < -0.39 is 10.8 Å². The van der Waals surface area contributed by atoms with E-state index in [1.165, 1.54) is 49.6 Å². The molecule has 0 saturated carbocycles. The lowest BCUT2D eigenvalue weighted by Gasteiger charge is -2.08. The van der Waals surface area contributed by atoms with E-state index in [4.69, 9.17) is 4.74 Å². The number of nitrogens with zero attached hydrogens (tertiary/aromatic N) is 2. The van der Waals surface area contributed by atoms with Crippen LogP contribution < -0.4 is 15.4 Å². The Morgan fingerprint density at radius 3 is 2.48 bits per heavy atom. The van der Waals surface area contributed by atoms with Crippen LogP contribution in [0.15, 0.2) is 36.4 Å². The van der Waals surface area contributed by atoms with E-state index in [1.807, 2.05) is 0 Å². The zero-order valence-corrected chi connectivity index (χ0v) is 15.1. The largest absolute Gasteiger partial charge is 0.494 e. The number of thiazole rings is 1. The number of aromatic nitrogens is 1. The Balaban J connectivity index is 1.88. The van der Waals surface area contributed by atoms with Gasteiger partial charge in [0.2, 0.25) is 5.91 Å². The molecule has 3 rings (SSSR count). The Morgan fingerprint density at radius 2 is 1.89 bits per heavy atom. The van der Waals surface area contributed by atoms with Crippen molar-refractivity contribution in [2.45, 2.75) is 6.92 Å². The number of carbonyl (C=O) groups is 2. The summed E-state index contributed by atoms with van der Waals surface area (Å²) in [4.78, 5) is 38.1. The molecule has 1 aromatic heterocycles. The molecular weight excluding hydrogens is 372 g/mol. The summed E-state index contributed by atoms with van der Waals surface area (Å²) >= 11 is 1.25. The molecule has 0 spiro atoms. The van der Waals surface area contributed by atoms with Crippen LogP contribution in [0.2, 0.25) is 0 Å². The van der Waals surface area contributed by atoms with Crippen molar-refractivity contribution in [3.05, 3.63) is 52.1 Å². The molecule has 0 atom stereocenters. The molecule has 0 saturated heterocycles. The first kappa shape index (κ1) is 18.3. The van der Waals surface area contributed by atoms with E-state index in [9.17, 15) is 19.7 Å². The van der Waals surface area contributed by atoms with Crippen LogP contribution in [0.3, 0.4) is 0 Å². The number of anilines is 2. The third-order valence-electron chi connectivity index (χ3n) is 3.56. The van der Waals surface area contributed by atoms with Crippen LogP contribution in [-0.4, -0.2) is 28.8 Å². The maximum atomic E-state index is 12.4. The van der Waals surface area contributed by atoms with Crippen molar-refractivity contribution in [2.24, 2.45) is 0 Å². The van der Waals surface area contributed by atoms with Gasteiger partial charge in [0.25, 0.3) is 11.6 Å². The molecule has 2 amide bonds. The second-order valence-corrected chi connectivity index (χ2v) is 6.51. The number of hydrogen-bond acceptors (Lipinski definition) is 7. The lowest BCUT2D eigenvalue weighted by atomic mass is 10.2. The van der Waals surface area contributed by atoms with E-state index in [0.29, 0.717) is 22.1 Å². The van der Waals surface area contributed by atoms with Crippen molar-refractivity contribution in [3.8, 4) is 5.75 Å². The predicted octanol–water partition coefficient (Wildman–Crippen LogP) is 3.42. The maximum absolute atomic E-state index is 12.4. The zero-order chi connectivity index (χ0) is 19.6. The summed E-state index contributed by atoms with van der Waals surface area (Å²) in [5, 5.41) is 16.5. The molecule has 0 aliphatic rings. The Labute approximate surface area is 157 Å². The fourth-order valence-electron chi connectivity index (χ4n) is 2.37. The molecule has 10 heteroatoms. The highest BCUT2D eigenvalue weighted by molar-refractivity contribution is 7.22. The highest BCUT2D eigenvalue weighted by Crippen LogP contribution is 2.35. The van der Waals surface area contributed by atoms with Gasteiger partial charge in [0.15, 0.2) is 5.13 Å². The summed E-state index contributed by atoms with van der Waals surface area (Å²) in [6, 6.07) is 8.62. The lowest BCUT2D eigenvalue weighted by molar-refractivity contribution is -0.384. The van der Waals surface area contributed by atoms with E-state index in [-0.39, 0.29) is 17.2 Å². The number of nitro benzene ring substituents is 1. The topological polar surface area (TPSA) is 123 Å². The van der Waals surface area contributed by atoms with Crippen LogP contribution in [0.25, 0.3) is 10.2 Å². The maximum Gasteiger partial charge on any atom is 0.269 e. The van der Waals surface area contributed by atoms with E-state index in [2.05, 4.69) is 15.6 Å². The summed E-state index contributed by atoms with van der Waals surface area (Å²) < 4.78 is 6.04. The summed E-state index contributed by atoms with van der Waals surface area (Å²) in [5.74, 6) is -0.211. The number of nitrogens with one attached hydrogen (secondary N) is 2. The number of non-ortho nitro benzene ring substituents is 1. The fraction of sp³-hybridized carbons (Fsp3) is 0.118.